The fourth-order valence-corrected chi connectivity index (χ4v) is 0.770. The van der Waals surface area contributed by atoms with Gasteiger partial charge in [0.15, 0.2) is 0 Å². The van der Waals surface area contributed by atoms with Crippen molar-refractivity contribution >= 4 is 12.2 Å². The predicted octanol–water partition coefficient (Wildman–Crippen LogP) is 4.84. The van der Waals surface area contributed by atoms with Crippen LogP contribution in [0.15, 0.2) is 72.8 Å². The van der Waals surface area contributed by atoms with E-state index < -0.39 is 0 Å². The summed E-state index contributed by atoms with van der Waals surface area (Å²) in [7, 11) is 0. The lowest BCUT2D eigenvalue weighted by Crippen LogP contribution is -1.66. The van der Waals surface area contributed by atoms with Crippen LogP contribution >= 0.6 is 0 Å². The van der Waals surface area contributed by atoms with Crippen molar-refractivity contribution in [2.45, 2.75) is 20.8 Å². The number of hydrogen-bond acceptors (Lipinski definition) is 4. The summed E-state index contributed by atoms with van der Waals surface area (Å²) < 4.78 is 0. The zero-order chi connectivity index (χ0) is 17.5. The van der Waals surface area contributed by atoms with Crippen LogP contribution in [0.2, 0.25) is 0 Å². The van der Waals surface area contributed by atoms with E-state index in [0.29, 0.717) is 0 Å². The summed E-state index contributed by atoms with van der Waals surface area (Å²) >= 11 is 0. The second-order valence-electron chi connectivity index (χ2n) is 4.25. The number of nitrogens with one attached hydrogen (secondary N) is 2. The van der Waals surface area contributed by atoms with E-state index in [9.17, 15) is 0 Å². The van der Waals surface area contributed by atoms with E-state index in [4.69, 9.17) is 20.4 Å². The van der Waals surface area contributed by atoms with Crippen molar-refractivity contribution in [1.82, 2.24) is 0 Å². The minimum absolute atomic E-state index is 0.750. The highest BCUT2D eigenvalue weighted by Crippen LogP contribution is 1.81. The van der Waals surface area contributed by atoms with Crippen LogP contribution in [0.5, 0.6) is 0 Å². The van der Waals surface area contributed by atoms with Crippen LogP contribution < -0.4 is 0 Å². The maximum absolute atomic E-state index is 8.35. The highest BCUT2D eigenvalue weighted by atomic mass is 16.1. The molecule has 2 rings (SSSR count). The summed E-state index contributed by atoms with van der Waals surface area (Å²) in [5, 5.41) is 10.8. The molecule has 0 unspecified atom stereocenters. The van der Waals surface area contributed by atoms with Crippen LogP contribution in [-0.2, 0) is 9.59 Å². The van der Waals surface area contributed by atoms with Gasteiger partial charge in [-0.15, -0.1) is 0 Å². The van der Waals surface area contributed by atoms with Crippen LogP contribution in [-0.4, -0.2) is 12.2 Å². The van der Waals surface area contributed by atoms with Gasteiger partial charge in [-0.1, -0.05) is 93.6 Å². The molecule has 0 aliphatic carbocycles. The van der Waals surface area contributed by atoms with Gasteiger partial charge in [-0.05, 0) is 5.92 Å². The molecule has 0 aliphatic rings. The van der Waals surface area contributed by atoms with Crippen molar-refractivity contribution in [3.63, 3.8) is 0 Å². The van der Waals surface area contributed by atoms with Crippen LogP contribution in [0.1, 0.15) is 20.8 Å². The monoisotopic (exact) mass is 300 g/mol. The summed E-state index contributed by atoms with van der Waals surface area (Å²) in [4.78, 5) is 16.7. The molecule has 0 saturated carbocycles. The summed E-state index contributed by atoms with van der Waals surface area (Å²) in [6.45, 7) is 6.50. The van der Waals surface area contributed by atoms with Crippen LogP contribution in [0.4, 0.5) is 0 Å². The van der Waals surface area contributed by atoms with Gasteiger partial charge in [-0.2, -0.15) is 0 Å². The second kappa shape index (κ2) is 26.7. The van der Waals surface area contributed by atoms with Gasteiger partial charge >= 0.3 is 0 Å². The quantitative estimate of drug-likeness (QED) is 0.539. The molecule has 0 saturated heterocycles. The first-order chi connectivity index (χ1) is 10.6. The Morgan fingerprint density at radius 3 is 0.636 bits per heavy atom. The Labute approximate surface area is 132 Å². The van der Waals surface area contributed by atoms with E-state index in [2.05, 4.69) is 20.8 Å². The van der Waals surface area contributed by atoms with Crippen molar-refractivity contribution in [2.75, 3.05) is 0 Å². The Morgan fingerprint density at radius 1 is 0.545 bits per heavy atom. The third-order valence-corrected chi connectivity index (χ3v) is 1.33. The van der Waals surface area contributed by atoms with E-state index >= 15 is 0 Å². The van der Waals surface area contributed by atoms with Gasteiger partial charge in [-0.3, -0.25) is 0 Å². The van der Waals surface area contributed by atoms with E-state index in [1.807, 2.05) is 72.8 Å². The van der Waals surface area contributed by atoms with E-state index in [1.165, 1.54) is 0 Å². The zero-order valence-corrected chi connectivity index (χ0v) is 13.3. The minimum atomic E-state index is 0.750. The van der Waals surface area contributed by atoms with Gasteiger partial charge in [0.1, 0.15) is 0 Å². The highest BCUT2D eigenvalue weighted by Gasteiger charge is 1.68. The maximum atomic E-state index is 8.35. The topological polar surface area (TPSA) is 81.8 Å². The van der Waals surface area contributed by atoms with Gasteiger partial charge in [0.25, 0.3) is 0 Å². The molecule has 2 N–H and O–H groups in total. The van der Waals surface area contributed by atoms with Crippen LogP contribution in [0.3, 0.4) is 0 Å². The number of hydrogen-bond donors (Lipinski definition) is 2. The van der Waals surface area contributed by atoms with Crippen LogP contribution in [0, 0.1) is 16.7 Å². The smallest absolute Gasteiger partial charge is 0.222 e. The van der Waals surface area contributed by atoms with Gasteiger partial charge in [-0.25, -0.2) is 20.4 Å². The fraction of sp³-hybridized carbons (Fsp3) is 0.222. The largest absolute Gasteiger partial charge is 0.231 e. The summed E-state index contributed by atoms with van der Waals surface area (Å²) in [6, 6.07) is 24.0. The molecule has 0 bridgehead atoms. The molecule has 22 heavy (non-hydrogen) atoms. The Kier molecular flexibility index (Phi) is 29.4. The molecule has 2 aromatic carbocycles. The normalized spacial score (nSPS) is 6.73. The van der Waals surface area contributed by atoms with Crippen molar-refractivity contribution in [1.29, 1.82) is 10.8 Å². The van der Waals surface area contributed by atoms with Crippen molar-refractivity contribution in [2.24, 2.45) is 5.92 Å². The predicted molar refractivity (Wildman–Crippen MR) is 90.2 cm³/mol. The lowest BCUT2D eigenvalue weighted by molar-refractivity contribution is 0.562. The third kappa shape index (κ3) is 53.3. The van der Waals surface area contributed by atoms with Gasteiger partial charge in [0.05, 0.1) is 0 Å². The average Bonchev–Trinajstić information content (AvgIpc) is 2.52. The summed E-state index contributed by atoms with van der Waals surface area (Å²) in [6.07, 6.45) is 1.50. The zero-order valence-electron chi connectivity index (χ0n) is 13.3. The minimum Gasteiger partial charge on any atom is -0.222 e. The number of rotatable bonds is 0. The molecular formula is C18H24N2O2. The molecule has 118 valence electrons. The van der Waals surface area contributed by atoms with Crippen LogP contribution in [0.25, 0.3) is 0 Å². The second-order valence-corrected chi connectivity index (χ2v) is 4.25. The molecule has 0 spiro atoms. The third-order valence-electron chi connectivity index (χ3n) is 1.33. The SMILES string of the molecule is CC(C)C.N=C=O.N=C=O.c1ccccc1.c1ccccc1. The molecule has 0 heterocycles. The maximum Gasteiger partial charge on any atom is 0.231 e. The van der Waals surface area contributed by atoms with Crippen molar-refractivity contribution < 1.29 is 9.59 Å². The lowest BCUT2D eigenvalue weighted by atomic mass is 10.3. The summed E-state index contributed by atoms with van der Waals surface area (Å²) in [5.74, 6) is 0.833. The Bertz CT molecular complexity index is 359. The number of carbonyl (C=O) groups excluding carboxylic acids is 2. The van der Waals surface area contributed by atoms with E-state index in [0.717, 1.165) is 18.1 Å². The molecule has 0 radical (unpaired) electrons. The molecule has 0 atom stereocenters. The number of benzene rings is 2. The number of isocyanates is 2. The fourth-order valence-electron chi connectivity index (χ4n) is 0.770. The van der Waals surface area contributed by atoms with Crippen molar-refractivity contribution in [3.8, 4) is 0 Å². The highest BCUT2D eigenvalue weighted by molar-refractivity contribution is 5.26. The molecule has 4 heteroatoms. The molecular weight excluding hydrogens is 276 g/mol. The van der Waals surface area contributed by atoms with Gasteiger partial charge in [0.2, 0.25) is 12.2 Å². The molecule has 0 fully saturated rings. The molecule has 4 nitrogen and oxygen atoms in total. The van der Waals surface area contributed by atoms with Gasteiger partial charge < -0.3 is 0 Å². The Balaban J connectivity index is -0.000000214. The standard InChI is InChI=1S/2C6H6.C4H10.2CHNO/c2*1-2-4-6-5-3-1;1-4(2)3;2*2-1-3/h2*1-6H;4H,1-3H3;2*2H. The first-order valence-corrected chi connectivity index (χ1v) is 6.64. The van der Waals surface area contributed by atoms with Crippen molar-refractivity contribution in [3.05, 3.63) is 72.8 Å². The first-order valence-electron chi connectivity index (χ1n) is 6.64. The van der Waals surface area contributed by atoms with E-state index in [1.54, 1.807) is 0 Å². The molecule has 0 amide bonds. The molecule has 0 aliphatic heterocycles. The summed E-state index contributed by atoms with van der Waals surface area (Å²) in [5.41, 5.74) is 0. The van der Waals surface area contributed by atoms with E-state index in [-0.39, 0.29) is 0 Å². The molecule has 0 aromatic heterocycles. The van der Waals surface area contributed by atoms with Gasteiger partial charge in [0, 0.05) is 0 Å². The lowest BCUT2D eigenvalue weighted by Gasteiger charge is -1.79. The Morgan fingerprint density at radius 2 is 0.591 bits per heavy atom. The average molecular weight is 300 g/mol. The molecule has 2 aromatic rings. The first kappa shape index (κ1) is 24.2. The Hall–Kier alpha value is -2.80.